The Labute approximate surface area is 166 Å². The van der Waals surface area contributed by atoms with Crippen LogP contribution in [-0.2, 0) is 17.9 Å². The van der Waals surface area contributed by atoms with E-state index in [1.807, 2.05) is 31.1 Å². The molecule has 0 unspecified atom stereocenters. The van der Waals surface area contributed by atoms with Crippen molar-refractivity contribution in [1.29, 1.82) is 0 Å². The number of carbonyl (C=O) groups is 1. The van der Waals surface area contributed by atoms with Crippen molar-refractivity contribution in [3.8, 4) is 0 Å². The molecular formula is C20H20F2N6O. The van der Waals surface area contributed by atoms with Crippen LogP contribution in [0.1, 0.15) is 16.8 Å². The number of amides is 1. The summed E-state index contributed by atoms with van der Waals surface area (Å²) in [4.78, 5) is 18.1. The summed E-state index contributed by atoms with van der Waals surface area (Å²) in [6, 6.07) is 5.71. The zero-order chi connectivity index (χ0) is 20.5. The standard InChI is InChI=1S/C20H20F2N6O/c1-12-20-17(27(2)11-19(29)26-20)6-18(25-12)23-7-14-8-24-28(10-14)9-13-3-4-15(21)16(22)5-13/h3-6,8,10H,7,9,11H2,1-2H3,(H,23,25)(H,26,29). The van der Waals surface area contributed by atoms with Gasteiger partial charge in [0.15, 0.2) is 11.6 Å². The minimum atomic E-state index is -0.869. The second-order valence-electron chi connectivity index (χ2n) is 7.04. The van der Waals surface area contributed by atoms with Gasteiger partial charge in [-0.25, -0.2) is 13.8 Å². The average Bonchev–Trinajstić information content (AvgIpc) is 3.11. The summed E-state index contributed by atoms with van der Waals surface area (Å²) in [5.74, 6) is -1.10. The summed E-state index contributed by atoms with van der Waals surface area (Å²) < 4.78 is 28.1. The Hall–Kier alpha value is -3.49. The van der Waals surface area contributed by atoms with Gasteiger partial charge in [0.2, 0.25) is 5.91 Å². The maximum absolute atomic E-state index is 13.3. The van der Waals surface area contributed by atoms with Crippen LogP contribution in [0.2, 0.25) is 0 Å². The fraction of sp³-hybridized carbons (Fsp3) is 0.250. The van der Waals surface area contributed by atoms with E-state index in [2.05, 4.69) is 20.7 Å². The molecule has 7 nitrogen and oxygen atoms in total. The lowest BCUT2D eigenvalue weighted by atomic mass is 10.2. The molecule has 3 heterocycles. The molecule has 4 rings (SSSR count). The van der Waals surface area contributed by atoms with E-state index in [0.717, 1.165) is 28.7 Å². The summed E-state index contributed by atoms with van der Waals surface area (Å²) in [7, 11) is 1.86. The second-order valence-corrected chi connectivity index (χ2v) is 7.04. The van der Waals surface area contributed by atoms with Gasteiger partial charge in [0.25, 0.3) is 0 Å². The molecule has 0 saturated carbocycles. The van der Waals surface area contributed by atoms with E-state index in [0.29, 0.717) is 31.0 Å². The molecule has 0 spiro atoms. The van der Waals surface area contributed by atoms with E-state index in [4.69, 9.17) is 0 Å². The summed E-state index contributed by atoms with van der Waals surface area (Å²) in [6.07, 6.45) is 3.55. The first-order chi connectivity index (χ1) is 13.9. The normalized spacial score (nSPS) is 13.2. The van der Waals surface area contributed by atoms with Crippen molar-refractivity contribution in [2.45, 2.75) is 20.0 Å². The lowest BCUT2D eigenvalue weighted by Gasteiger charge is -2.28. The molecule has 1 aliphatic heterocycles. The van der Waals surface area contributed by atoms with Gasteiger partial charge in [-0.15, -0.1) is 0 Å². The molecule has 150 valence electrons. The highest BCUT2D eigenvalue weighted by atomic mass is 19.2. The SMILES string of the molecule is Cc1nc(NCc2cnn(Cc3ccc(F)c(F)c3)c2)cc2c1NC(=O)CN2C. The topological polar surface area (TPSA) is 75.1 Å². The van der Waals surface area contributed by atoms with Crippen LogP contribution >= 0.6 is 0 Å². The number of nitrogens with zero attached hydrogens (tertiary/aromatic N) is 4. The Balaban J connectivity index is 1.43. The number of aromatic nitrogens is 3. The van der Waals surface area contributed by atoms with Gasteiger partial charge < -0.3 is 15.5 Å². The zero-order valence-corrected chi connectivity index (χ0v) is 16.0. The van der Waals surface area contributed by atoms with Crippen LogP contribution in [0.3, 0.4) is 0 Å². The highest BCUT2D eigenvalue weighted by molar-refractivity contribution is 6.02. The first kappa shape index (κ1) is 18.9. The number of halogens is 2. The Kier molecular flexibility index (Phi) is 4.87. The molecule has 0 aliphatic carbocycles. The number of pyridine rings is 1. The van der Waals surface area contributed by atoms with Gasteiger partial charge in [-0.1, -0.05) is 6.07 Å². The van der Waals surface area contributed by atoms with Crippen molar-refractivity contribution < 1.29 is 13.6 Å². The lowest BCUT2D eigenvalue weighted by Crippen LogP contribution is -2.36. The molecule has 29 heavy (non-hydrogen) atoms. The van der Waals surface area contributed by atoms with Gasteiger partial charge in [-0.2, -0.15) is 5.10 Å². The number of nitrogens with one attached hydrogen (secondary N) is 2. The highest BCUT2D eigenvalue weighted by Gasteiger charge is 2.22. The second kappa shape index (κ2) is 7.50. The number of carbonyl (C=O) groups excluding carboxylic acids is 1. The van der Waals surface area contributed by atoms with Gasteiger partial charge in [0, 0.05) is 31.4 Å². The van der Waals surface area contributed by atoms with Crippen LogP contribution in [0.25, 0.3) is 0 Å². The fourth-order valence-electron chi connectivity index (χ4n) is 3.28. The van der Waals surface area contributed by atoms with Crippen LogP contribution in [-0.4, -0.2) is 34.3 Å². The number of hydrogen-bond acceptors (Lipinski definition) is 5. The van der Waals surface area contributed by atoms with Crippen LogP contribution in [0.15, 0.2) is 36.7 Å². The van der Waals surface area contributed by atoms with Gasteiger partial charge >= 0.3 is 0 Å². The summed E-state index contributed by atoms with van der Waals surface area (Å²) in [5, 5.41) is 10.4. The summed E-state index contributed by atoms with van der Waals surface area (Å²) in [5.41, 5.74) is 3.93. The van der Waals surface area contributed by atoms with Gasteiger partial charge in [0.05, 0.1) is 36.4 Å². The Morgan fingerprint density at radius 2 is 2.03 bits per heavy atom. The van der Waals surface area contributed by atoms with E-state index in [1.54, 1.807) is 10.9 Å². The third-order valence-corrected chi connectivity index (χ3v) is 4.72. The van der Waals surface area contributed by atoms with Crippen molar-refractivity contribution in [2.75, 3.05) is 29.1 Å². The average molecular weight is 398 g/mol. The molecule has 2 aromatic heterocycles. The highest BCUT2D eigenvalue weighted by Crippen LogP contribution is 2.32. The molecule has 0 bridgehead atoms. The van der Waals surface area contributed by atoms with Crippen molar-refractivity contribution >= 4 is 23.1 Å². The van der Waals surface area contributed by atoms with Crippen LogP contribution in [0.5, 0.6) is 0 Å². The minimum absolute atomic E-state index is 0.0564. The monoisotopic (exact) mass is 398 g/mol. The minimum Gasteiger partial charge on any atom is -0.366 e. The Morgan fingerprint density at radius 3 is 2.83 bits per heavy atom. The van der Waals surface area contributed by atoms with Crippen LogP contribution in [0.4, 0.5) is 26.0 Å². The number of fused-ring (bicyclic) bond motifs is 1. The molecule has 0 atom stereocenters. The Bertz CT molecular complexity index is 1080. The number of rotatable bonds is 5. The third-order valence-electron chi connectivity index (χ3n) is 4.72. The van der Waals surface area contributed by atoms with E-state index >= 15 is 0 Å². The predicted octanol–water partition coefficient (Wildman–Crippen LogP) is 2.91. The molecule has 0 fully saturated rings. The van der Waals surface area contributed by atoms with Crippen molar-refractivity contribution in [2.24, 2.45) is 0 Å². The molecule has 3 aromatic rings. The first-order valence-electron chi connectivity index (χ1n) is 9.11. The third kappa shape index (κ3) is 4.03. The zero-order valence-electron chi connectivity index (χ0n) is 16.0. The number of benzene rings is 1. The Morgan fingerprint density at radius 1 is 1.21 bits per heavy atom. The van der Waals surface area contributed by atoms with Crippen molar-refractivity contribution in [3.05, 3.63) is 65.1 Å². The lowest BCUT2D eigenvalue weighted by molar-refractivity contribution is -0.115. The fourth-order valence-corrected chi connectivity index (χ4v) is 3.28. The molecular weight excluding hydrogens is 378 g/mol. The largest absolute Gasteiger partial charge is 0.366 e. The molecule has 0 saturated heterocycles. The molecule has 2 N–H and O–H groups in total. The number of aryl methyl sites for hydroxylation is 1. The van der Waals surface area contributed by atoms with Gasteiger partial charge in [-0.05, 0) is 24.6 Å². The van der Waals surface area contributed by atoms with Crippen LogP contribution in [0, 0.1) is 18.6 Å². The first-order valence-corrected chi connectivity index (χ1v) is 9.11. The van der Waals surface area contributed by atoms with Crippen molar-refractivity contribution in [3.63, 3.8) is 0 Å². The van der Waals surface area contributed by atoms with E-state index in [1.165, 1.54) is 12.1 Å². The number of anilines is 3. The predicted molar refractivity (Wildman–Crippen MR) is 106 cm³/mol. The van der Waals surface area contributed by atoms with Gasteiger partial charge in [0.1, 0.15) is 5.82 Å². The maximum Gasteiger partial charge on any atom is 0.243 e. The smallest absolute Gasteiger partial charge is 0.243 e. The number of hydrogen-bond donors (Lipinski definition) is 2. The molecule has 1 aromatic carbocycles. The van der Waals surface area contributed by atoms with Crippen LogP contribution < -0.4 is 15.5 Å². The van der Waals surface area contributed by atoms with Gasteiger partial charge in [-0.3, -0.25) is 9.48 Å². The molecule has 9 heteroatoms. The van der Waals surface area contributed by atoms with E-state index in [-0.39, 0.29) is 5.91 Å². The maximum atomic E-state index is 13.3. The van der Waals surface area contributed by atoms with E-state index in [9.17, 15) is 13.6 Å². The molecule has 1 amide bonds. The summed E-state index contributed by atoms with van der Waals surface area (Å²) in [6.45, 7) is 2.99. The molecule has 1 aliphatic rings. The summed E-state index contributed by atoms with van der Waals surface area (Å²) >= 11 is 0. The molecule has 0 radical (unpaired) electrons. The number of likely N-dealkylation sites (N-methyl/N-ethyl adjacent to an activating group) is 1. The van der Waals surface area contributed by atoms with Crippen molar-refractivity contribution in [1.82, 2.24) is 14.8 Å². The quantitative estimate of drug-likeness (QED) is 0.691. The van der Waals surface area contributed by atoms with E-state index < -0.39 is 11.6 Å².